The first kappa shape index (κ1) is 16.8. The summed E-state index contributed by atoms with van der Waals surface area (Å²) >= 11 is 0. The van der Waals surface area contributed by atoms with E-state index in [1.165, 1.54) is 0 Å². The summed E-state index contributed by atoms with van der Waals surface area (Å²) in [7, 11) is 0. The SMILES string of the molecule is CCCC(C)(C)COC(=O)c1cccc(N)c1.Cl. The largest absolute Gasteiger partial charge is 0.462 e. The number of nitrogen functional groups attached to an aromatic ring is 1. The van der Waals surface area contributed by atoms with Gasteiger partial charge in [0.15, 0.2) is 0 Å². The molecule has 4 heteroatoms. The van der Waals surface area contributed by atoms with E-state index < -0.39 is 0 Å². The van der Waals surface area contributed by atoms with Gasteiger partial charge in [0.2, 0.25) is 0 Å². The van der Waals surface area contributed by atoms with Gasteiger partial charge < -0.3 is 10.5 Å². The lowest BCUT2D eigenvalue weighted by Gasteiger charge is -2.23. The van der Waals surface area contributed by atoms with Crippen LogP contribution in [0.4, 0.5) is 5.69 Å². The Morgan fingerprint density at radius 1 is 1.39 bits per heavy atom. The van der Waals surface area contributed by atoms with Crippen LogP contribution >= 0.6 is 12.4 Å². The van der Waals surface area contributed by atoms with Gasteiger partial charge in [-0.25, -0.2) is 4.79 Å². The van der Waals surface area contributed by atoms with Gasteiger partial charge in [-0.05, 0) is 30.0 Å². The molecule has 0 fully saturated rings. The summed E-state index contributed by atoms with van der Waals surface area (Å²) in [6.45, 7) is 6.77. The predicted octanol–water partition coefficient (Wildman–Crippen LogP) is 3.67. The molecule has 0 unspecified atom stereocenters. The van der Waals surface area contributed by atoms with Gasteiger partial charge in [0.05, 0.1) is 12.2 Å². The van der Waals surface area contributed by atoms with Crippen molar-refractivity contribution in [1.29, 1.82) is 0 Å². The van der Waals surface area contributed by atoms with Gasteiger partial charge in [-0.15, -0.1) is 12.4 Å². The molecule has 0 saturated carbocycles. The second kappa shape index (κ2) is 7.27. The Morgan fingerprint density at radius 2 is 2.06 bits per heavy atom. The molecule has 0 atom stereocenters. The van der Waals surface area contributed by atoms with E-state index in [0.29, 0.717) is 17.9 Å². The van der Waals surface area contributed by atoms with E-state index in [4.69, 9.17) is 10.5 Å². The van der Waals surface area contributed by atoms with Gasteiger partial charge in [-0.1, -0.05) is 33.3 Å². The molecule has 18 heavy (non-hydrogen) atoms. The van der Waals surface area contributed by atoms with Crippen molar-refractivity contribution in [2.24, 2.45) is 5.41 Å². The molecule has 0 amide bonds. The van der Waals surface area contributed by atoms with E-state index in [-0.39, 0.29) is 23.8 Å². The van der Waals surface area contributed by atoms with E-state index >= 15 is 0 Å². The topological polar surface area (TPSA) is 52.3 Å². The molecule has 0 saturated heterocycles. The molecule has 0 aliphatic heterocycles. The van der Waals surface area contributed by atoms with Crippen LogP contribution in [0.1, 0.15) is 44.0 Å². The van der Waals surface area contributed by atoms with E-state index in [9.17, 15) is 4.79 Å². The number of rotatable bonds is 5. The van der Waals surface area contributed by atoms with Crippen LogP contribution in [0.5, 0.6) is 0 Å². The van der Waals surface area contributed by atoms with Crippen molar-refractivity contribution in [3.63, 3.8) is 0 Å². The van der Waals surface area contributed by atoms with Crippen molar-refractivity contribution in [2.45, 2.75) is 33.6 Å². The number of carbonyl (C=O) groups is 1. The average molecular weight is 272 g/mol. The Hall–Kier alpha value is -1.22. The lowest BCUT2D eigenvalue weighted by molar-refractivity contribution is 0.0326. The van der Waals surface area contributed by atoms with Gasteiger partial charge in [0.25, 0.3) is 0 Å². The minimum Gasteiger partial charge on any atom is -0.462 e. The summed E-state index contributed by atoms with van der Waals surface area (Å²) in [4.78, 5) is 11.8. The quantitative estimate of drug-likeness (QED) is 0.657. The smallest absolute Gasteiger partial charge is 0.338 e. The Kier molecular flexibility index (Phi) is 6.77. The summed E-state index contributed by atoms with van der Waals surface area (Å²) in [5, 5.41) is 0. The van der Waals surface area contributed by atoms with Crippen molar-refractivity contribution >= 4 is 24.1 Å². The molecule has 0 heterocycles. The molecule has 102 valence electrons. The number of hydrogen-bond acceptors (Lipinski definition) is 3. The highest BCUT2D eigenvalue weighted by molar-refractivity contribution is 5.90. The normalized spacial score (nSPS) is 10.6. The van der Waals surface area contributed by atoms with Crippen LogP contribution in [-0.2, 0) is 4.74 Å². The highest BCUT2D eigenvalue weighted by atomic mass is 35.5. The van der Waals surface area contributed by atoms with Crippen molar-refractivity contribution in [3.05, 3.63) is 29.8 Å². The zero-order valence-electron chi connectivity index (χ0n) is 11.2. The maximum atomic E-state index is 11.8. The van der Waals surface area contributed by atoms with Crippen LogP contribution in [0, 0.1) is 5.41 Å². The van der Waals surface area contributed by atoms with E-state index in [2.05, 4.69) is 20.8 Å². The Bertz CT molecular complexity index is 391. The number of ether oxygens (including phenoxy) is 1. The van der Waals surface area contributed by atoms with E-state index in [1.54, 1.807) is 24.3 Å². The highest BCUT2D eigenvalue weighted by Crippen LogP contribution is 2.23. The van der Waals surface area contributed by atoms with Crippen LogP contribution in [0.3, 0.4) is 0 Å². The van der Waals surface area contributed by atoms with Gasteiger partial charge in [-0.2, -0.15) is 0 Å². The molecule has 0 aromatic heterocycles. The van der Waals surface area contributed by atoms with Gasteiger partial charge in [-0.3, -0.25) is 0 Å². The van der Waals surface area contributed by atoms with Crippen LogP contribution in [0.2, 0.25) is 0 Å². The zero-order chi connectivity index (χ0) is 12.9. The fraction of sp³-hybridized carbons (Fsp3) is 0.500. The molecule has 3 nitrogen and oxygen atoms in total. The summed E-state index contributed by atoms with van der Waals surface area (Å²) in [5.74, 6) is -0.304. The van der Waals surface area contributed by atoms with E-state index in [1.807, 2.05) is 0 Å². The number of anilines is 1. The maximum absolute atomic E-state index is 11.8. The fourth-order valence-corrected chi connectivity index (χ4v) is 1.76. The third-order valence-corrected chi connectivity index (χ3v) is 2.64. The lowest BCUT2D eigenvalue weighted by Crippen LogP contribution is -2.21. The highest BCUT2D eigenvalue weighted by Gasteiger charge is 2.19. The molecule has 2 N–H and O–H groups in total. The average Bonchev–Trinajstić information content (AvgIpc) is 2.26. The summed E-state index contributed by atoms with van der Waals surface area (Å²) in [6, 6.07) is 6.85. The minimum atomic E-state index is -0.304. The third-order valence-electron chi connectivity index (χ3n) is 2.64. The number of carbonyl (C=O) groups excluding carboxylic acids is 1. The van der Waals surface area contributed by atoms with E-state index in [0.717, 1.165) is 12.8 Å². The molecule has 0 bridgehead atoms. The monoisotopic (exact) mass is 271 g/mol. The summed E-state index contributed by atoms with van der Waals surface area (Å²) in [6.07, 6.45) is 2.13. The number of hydrogen-bond donors (Lipinski definition) is 1. The number of halogens is 1. The number of benzene rings is 1. The van der Waals surface area contributed by atoms with Gasteiger partial charge in [0, 0.05) is 5.69 Å². The molecule has 1 aromatic rings. The molecule has 0 aliphatic rings. The summed E-state index contributed by atoms with van der Waals surface area (Å²) < 4.78 is 5.31. The molecule has 0 radical (unpaired) electrons. The number of esters is 1. The Morgan fingerprint density at radius 3 is 2.61 bits per heavy atom. The first-order chi connectivity index (χ1) is 7.94. The molecule has 0 aliphatic carbocycles. The van der Waals surface area contributed by atoms with Gasteiger partial charge in [0.1, 0.15) is 0 Å². The van der Waals surface area contributed by atoms with Crippen LogP contribution < -0.4 is 5.73 Å². The predicted molar refractivity (Wildman–Crippen MR) is 77.1 cm³/mol. The Labute approximate surface area is 115 Å². The van der Waals surface area contributed by atoms with Crippen molar-refractivity contribution in [2.75, 3.05) is 12.3 Å². The minimum absolute atomic E-state index is 0. The van der Waals surface area contributed by atoms with Crippen LogP contribution in [0.25, 0.3) is 0 Å². The van der Waals surface area contributed by atoms with Crippen molar-refractivity contribution in [3.8, 4) is 0 Å². The fourth-order valence-electron chi connectivity index (χ4n) is 1.76. The zero-order valence-corrected chi connectivity index (χ0v) is 12.0. The second-order valence-electron chi connectivity index (χ2n) is 5.12. The van der Waals surface area contributed by atoms with Crippen molar-refractivity contribution in [1.82, 2.24) is 0 Å². The van der Waals surface area contributed by atoms with Crippen molar-refractivity contribution < 1.29 is 9.53 Å². The lowest BCUT2D eigenvalue weighted by atomic mass is 9.89. The third kappa shape index (κ3) is 5.41. The molecular formula is C14H22ClNO2. The standard InChI is InChI=1S/C14H21NO2.ClH/c1-4-8-14(2,3)10-17-13(16)11-6-5-7-12(15)9-11;/h5-7,9H,4,8,10,15H2,1-3H3;1H. The molecule has 1 aromatic carbocycles. The molecule has 1 rings (SSSR count). The first-order valence-electron chi connectivity index (χ1n) is 5.97. The maximum Gasteiger partial charge on any atom is 0.338 e. The summed E-state index contributed by atoms with van der Waals surface area (Å²) in [5.41, 5.74) is 6.74. The van der Waals surface area contributed by atoms with Crippen LogP contribution in [0.15, 0.2) is 24.3 Å². The number of nitrogens with two attached hydrogens (primary N) is 1. The molecule has 0 spiro atoms. The first-order valence-corrected chi connectivity index (χ1v) is 5.97. The van der Waals surface area contributed by atoms with Crippen LogP contribution in [-0.4, -0.2) is 12.6 Å². The second-order valence-corrected chi connectivity index (χ2v) is 5.12. The molecular weight excluding hydrogens is 250 g/mol. The van der Waals surface area contributed by atoms with Gasteiger partial charge >= 0.3 is 5.97 Å². The Balaban J connectivity index is 0.00000289.